The van der Waals surface area contributed by atoms with Gasteiger partial charge < -0.3 is 24.1 Å². The number of carbonyl (C=O) groups is 1. The van der Waals surface area contributed by atoms with Gasteiger partial charge in [0, 0.05) is 6.07 Å². The number of carboxylic acid groups (broad SMARTS) is 1. The molecule has 7 heteroatoms. The second-order valence-electron chi connectivity index (χ2n) is 6.11. The largest absolute Gasteiger partial charge is 0.491 e. The molecule has 1 aromatic carbocycles. The molecule has 1 aromatic rings. The van der Waals surface area contributed by atoms with E-state index in [9.17, 15) is 9.18 Å². The quantitative estimate of drug-likeness (QED) is 0.349. The monoisotopic (exact) mass is 430 g/mol. The third-order valence-electron chi connectivity index (χ3n) is 3.42. The Kier molecular flexibility index (Phi) is 21.9. The van der Waals surface area contributed by atoms with Gasteiger partial charge in [-0.2, -0.15) is 0 Å². The standard InChI is InChI=1S/C16H23FO6.C5H10.C2H6/c1-13-2-3-14(12-15(13)17)23-11-10-22-9-8-21-7-6-20-5-4-16(18)19;1-4-5(2)3;1-2/h2-3,12H,4-11H2,1H3,(H,18,19);4H,1-3H3;1-2H3. The predicted octanol–water partition coefficient (Wildman–Crippen LogP) is 5.04. The molecule has 0 aliphatic carbocycles. The van der Waals surface area contributed by atoms with E-state index in [2.05, 4.69) is 19.9 Å². The van der Waals surface area contributed by atoms with Crippen molar-refractivity contribution in [2.24, 2.45) is 0 Å². The molecular weight excluding hydrogens is 391 g/mol. The van der Waals surface area contributed by atoms with Crippen LogP contribution in [0.25, 0.3) is 0 Å². The van der Waals surface area contributed by atoms with Crippen LogP contribution in [0.2, 0.25) is 0 Å². The molecule has 0 heterocycles. The number of hydrogen-bond donors (Lipinski definition) is 1. The highest BCUT2D eigenvalue weighted by Gasteiger charge is 2.00. The van der Waals surface area contributed by atoms with Crippen molar-refractivity contribution in [1.82, 2.24) is 0 Å². The zero-order valence-electron chi connectivity index (χ0n) is 19.3. The van der Waals surface area contributed by atoms with Crippen molar-refractivity contribution >= 4 is 5.97 Å². The number of carboxylic acids is 1. The van der Waals surface area contributed by atoms with Gasteiger partial charge in [-0.1, -0.05) is 31.6 Å². The molecule has 1 rings (SSSR count). The number of halogens is 1. The highest BCUT2D eigenvalue weighted by molar-refractivity contribution is 5.66. The Hall–Kier alpha value is -1.96. The van der Waals surface area contributed by atoms with E-state index >= 15 is 0 Å². The zero-order chi connectivity index (χ0) is 23.2. The molecule has 0 aliphatic rings. The van der Waals surface area contributed by atoms with Crippen LogP contribution in [0.5, 0.6) is 5.75 Å². The van der Waals surface area contributed by atoms with Crippen LogP contribution in [-0.2, 0) is 19.0 Å². The van der Waals surface area contributed by atoms with Crippen LogP contribution < -0.4 is 4.74 Å². The maximum Gasteiger partial charge on any atom is 0.305 e. The Morgan fingerprint density at radius 2 is 1.43 bits per heavy atom. The second kappa shape index (κ2) is 21.7. The lowest BCUT2D eigenvalue weighted by molar-refractivity contribution is -0.138. The molecule has 0 fully saturated rings. The van der Waals surface area contributed by atoms with Crippen molar-refractivity contribution in [1.29, 1.82) is 0 Å². The van der Waals surface area contributed by atoms with Crippen molar-refractivity contribution < 1.29 is 33.2 Å². The molecule has 0 atom stereocenters. The summed E-state index contributed by atoms with van der Waals surface area (Å²) in [7, 11) is 0. The van der Waals surface area contributed by atoms with E-state index in [1.165, 1.54) is 11.6 Å². The topological polar surface area (TPSA) is 74.2 Å². The first-order valence-corrected chi connectivity index (χ1v) is 10.3. The fraction of sp³-hybridized carbons (Fsp3) is 0.609. The van der Waals surface area contributed by atoms with E-state index in [4.69, 9.17) is 24.1 Å². The smallest absolute Gasteiger partial charge is 0.305 e. The van der Waals surface area contributed by atoms with E-state index in [0.717, 1.165) is 0 Å². The molecular formula is C23H39FO6. The Morgan fingerprint density at radius 3 is 1.87 bits per heavy atom. The molecule has 0 aliphatic heterocycles. The van der Waals surface area contributed by atoms with E-state index in [1.54, 1.807) is 19.1 Å². The first kappa shape index (κ1) is 30.2. The van der Waals surface area contributed by atoms with Gasteiger partial charge in [0.15, 0.2) is 0 Å². The van der Waals surface area contributed by atoms with Crippen molar-refractivity contribution in [2.45, 2.75) is 48.0 Å². The third-order valence-corrected chi connectivity index (χ3v) is 3.42. The molecule has 174 valence electrons. The first-order valence-electron chi connectivity index (χ1n) is 10.3. The van der Waals surface area contributed by atoms with Gasteiger partial charge in [-0.3, -0.25) is 4.79 Å². The molecule has 30 heavy (non-hydrogen) atoms. The van der Waals surface area contributed by atoms with Gasteiger partial charge in [-0.05, 0) is 39.3 Å². The fourth-order valence-corrected chi connectivity index (χ4v) is 1.58. The summed E-state index contributed by atoms with van der Waals surface area (Å²) in [5.74, 6) is -0.691. The summed E-state index contributed by atoms with van der Waals surface area (Å²) in [5.41, 5.74) is 1.96. The lowest BCUT2D eigenvalue weighted by atomic mass is 10.2. The summed E-state index contributed by atoms with van der Waals surface area (Å²) >= 11 is 0. The summed E-state index contributed by atoms with van der Waals surface area (Å²) in [6, 6.07) is 4.73. The van der Waals surface area contributed by atoms with Crippen molar-refractivity contribution in [3.05, 3.63) is 41.2 Å². The number of benzene rings is 1. The maximum absolute atomic E-state index is 13.3. The maximum atomic E-state index is 13.3. The number of hydrogen-bond acceptors (Lipinski definition) is 5. The van der Waals surface area contributed by atoms with Gasteiger partial charge in [-0.15, -0.1) is 0 Å². The van der Waals surface area contributed by atoms with E-state index < -0.39 is 5.97 Å². The number of rotatable bonds is 13. The van der Waals surface area contributed by atoms with E-state index in [-0.39, 0.29) is 18.8 Å². The molecule has 0 amide bonds. The molecule has 0 unspecified atom stereocenters. The predicted molar refractivity (Wildman–Crippen MR) is 118 cm³/mol. The highest BCUT2D eigenvalue weighted by atomic mass is 19.1. The number of ether oxygens (including phenoxy) is 4. The number of aliphatic carboxylic acids is 1. The Balaban J connectivity index is 0. The number of aryl methyl sites for hydroxylation is 1. The van der Waals surface area contributed by atoms with Gasteiger partial charge >= 0.3 is 5.97 Å². The summed E-state index contributed by atoms with van der Waals surface area (Å²) in [6.45, 7) is 14.4. The molecule has 1 N–H and O–H groups in total. The average molecular weight is 431 g/mol. The SMILES string of the molecule is CC.CC=C(C)C.Cc1ccc(OCCOCCOCCOCCC(=O)O)cc1F. The normalized spacial score (nSPS) is 9.57. The minimum Gasteiger partial charge on any atom is -0.491 e. The van der Waals surface area contributed by atoms with Crippen molar-refractivity contribution in [3.63, 3.8) is 0 Å². The Morgan fingerprint density at radius 1 is 0.967 bits per heavy atom. The minimum absolute atomic E-state index is 0.00596. The lowest BCUT2D eigenvalue weighted by Crippen LogP contribution is -2.13. The van der Waals surface area contributed by atoms with Gasteiger partial charge in [0.2, 0.25) is 0 Å². The molecule has 0 aromatic heterocycles. The third kappa shape index (κ3) is 20.8. The summed E-state index contributed by atoms with van der Waals surface area (Å²) in [6.07, 6.45) is 2.08. The lowest BCUT2D eigenvalue weighted by Gasteiger charge is -2.08. The molecule has 6 nitrogen and oxygen atoms in total. The van der Waals surface area contributed by atoms with Crippen LogP contribution in [0.3, 0.4) is 0 Å². The second-order valence-corrected chi connectivity index (χ2v) is 6.11. The molecule has 0 saturated heterocycles. The van der Waals surface area contributed by atoms with Crippen LogP contribution in [0.4, 0.5) is 4.39 Å². The Bertz CT molecular complexity index is 571. The summed E-state index contributed by atoms with van der Waals surface area (Å²) < 4.78 is 34.2. The van der Waals surface area contributed by atoms with Gasteiger partial charge in [0.25, 0.3) is 0 Å². The van der Waals surface area contributed by atoms with Crippen LogP contribution in [0, 0.1) is 12.7 Å². The highest BCUT2D eigenvalue weighted by Crippen LogP contribution is 2.15. The molecule has 0 saturated carbocycles. The zero-order valence-corrected chi connectivity index (χ0v) is 19.3. The Labute approximate surface area is 181 Å². The van der Waals surface area contributed by atoms with Gasteiger partial charge in [0.05, 0.1) is 46.1 Å². The van der Waals surface area contributed by atoms with Gasteiger partial charge in [0.1, 0.15) is 18.2 Å². The number of allylic oxidation sites excluding steroid dienone is 2. The van der Waals surface area contributed by atoms with Crippen LogP contribution >= 0.6 is 0 Å². The van der Waals surface area contributed by atoms with Crippen molar-refractivity contribution in [3.8, 4) is 5.75 Å². The van der Waals surface area contributed by atoms with Crippen LogP contribution in [-0.4, -0.2) is 57.3 Å². The summed E-state index contributed by atoms with van der Waals surface area (Å²) in [5, 5.41) is 8.40. The van der Waals surface area contributed by atoms with Crippen LogP contribution in [0.15, 0.2) is 29.8 Å². The van der Waals surface area contributed by atoms with E-state index in [0.29, 0.717) is 51.0 Å². The fourth-order valence-electron chi connectivity index (χ4n) is 1.58. The molecule has 0 radical (unpaired) electrons. The minimum atomic E-state index is -0.880. The van der Waals surface area contributed by atoms with Crippen molar-refractivity contribution in [2.75, 3.05) is 46.2 Å². The van der Waals surface area contributed by atoms with E-state index in [1.807, 2.05) is 20.8 Å². The van der Waals surface area contributed by atoms with Crippen LogP contribution in [0.1, 0.15) is 46.6 Å². The molecule has 0 spiro atoms. The average Bonchev–Trinajstić information content (AvgIpc) is 2.73. The first-order chi connectivity index (χ1) is 14.4. The summed E-state index contributed by atoms with van der Waals surface area (Å²) in [4.78, 5) is 10.2. The van der Waals surface area contributed by atoms with Gasteiger partial charge in [-0.25, -0.2) is 4.39 Å². The molecule has 0 bridgehead atoms.